The first-order chi connectivity index (χ1) is 28.4. The summed E-state index contributed by atoms with van der Waals surface area (Å²) in [5, 5.41) is 0. The highest BCUT2D eigenvalue weighted by Gasteiger charge is 2.54. The van der Waals surface area contributed by atoms with Crippen LogP contribution >= 0.6 is 0 Å². The lowest BCUT2D eigenvalue weighted by molar-refractivity contribution is -0.134. The number of carbonyl (C=O) groups excluding carboxylic acids is 2. The molecule has 1 unspecified atom stereocenters. The maximum Gasteiger partial charge on any atom is 0.329 e. The Hall–Kier alpha value is -1.14. The SMILES string of the molecule is CCCCCCCCCCN(CCCCCCCCCC)CN1C(=O)N(CN(CCCCCCCCCC)CCCCCCCCCC)C(C)(CCCCCC)C1=O. The number of unbranched alkanes of at least 4 members (excludes halogenated alkanes) is 31. The fourth-order valence-corrected chi connectivity index (χ4v) is 9.11. The Morgan fingerprint density at radius 2 is 0.621 bits per heavy atom. The van der Waals surface area contributed by atoms with Crippen molar-refractivity contribution in [2.24, 2.45) is 0 Å². The molecule has 1 heterocycles. The zero-order valence-corrected chi connectivity index (χ0v) is 40.5. The van der Waals surface area contributed by atoms with Crippen LogP contribution in [0.4, 0.5) is 4.79 Å². The molecular formula is C52H104N4O2. The van der Waals surface area contributed by atoms with E-state index in [-0.39, 0.29) is 11.9 Å². The van der Waals surface area contributed by atoms with E-state index in [0.717, 1.165) is 58.3 Å². The molecule has 0 aromatic heterocycles. The van der Waals surface area contributed by atoms with Crippen molar-refractivity contribution in [2.75, 3.05) is 39.5 Å². The van der Waals surface area contributed by atoms with Gasteiger partial charge in [-0.05, 0) is 65.2 Å². The highest BCUT2D eigenvalue weighted by atomic mass is 16.2. The number of hydrogen-bond acceptors (Lipinski definition) is 4. The second-order valence-corrected chi connectivity index (χ2v) is 18.9. The number of urea groups is 1. The van der Waals surface area contributed by atoms with Crippen molar-refractivity contribution in [1.29, 1.82) is 0 Å². The molecule has 1 atom stereocenters. The molecule has 0 saturated carbocycles. The molecule has 0 bridgehead atoms. The van der Waals surface area contributed by atoms with Crippen molar-refractivity contribution in [3.05, 3.63) is 0 Å². The van der Waals surface area contributed by atoms with Crippen LogP contribution in [0.15, 0.2) is 0 Å². The summed E-state index contributed by atoms with van der Waals surface area (Å²) < 4.78 is 0. The minimum absolute atomic E-state index is 0.0308. The van der Waals surface area contributed by atoms with E-state index in [0.29, 0.717) is 13.3 Å². The van der Waals surface area contributed by atoms with Crippen molar-refractivity contribution in [3.8, 4) is 0 Å². The minimum atomic E-state index is -0.760. The Labute approximate surface area is 364 Å². The summed E-state index contributed by atoms with van der Waals surface area (Å²) in [5.74, 6) is 0.0601. The van der Waals surface area contributed by atoms with Gasteiger partial charge in [0.2, 0.25) is 0 Å². The van der Waals surface area contributed by atoms with Crippen molar-refractivity contribution >= 4 is 11.9 Å². The third-order valence-corrected chi connectivity index (χ3v) is 13.3. The van der Waals surface area contributed by atoms with Crippen molar-refractivity contribution in [3.63, 3.8) is 0 Å². The molecule has 0 aliphatic carbocycles. The number of imide groups is 1. The Morgan fingerprint density at radius 3 is 0.931 bits per heavy atom. The molecule has 0 aromatic carbocycles. The number of carbonyl (C=O) groups is 2. The molecule has 0 radical (unpaired) electrons. The Bertz CT molecular complexity index is 889. The molecule has 1 aliphatic rings. The summed E-state index contributed by atoms with van der Waals surface area (Å²) in [7, 11) is 0. The lowest BCUT2D eigenvalue weighted by Gasteiger charge is -2.36. The number of nitrogens with zero attached hydrogens (tertiary/aromatic N) is 4. The maximum atomic E-state index is 14.7. The van der Waals surface area contributed by atoms with E-state index in [1.54, 1.807) is 4.90 Å². The van der Waals surface area contributed by atoms with Gasteiger partial charge in [-0.15, -0.1) is 0 Å². The second kappa shape index (κ2) is 38.8. The molecule has 3 amide bonds. The summed E-state index contributed by atoms with van der Waals surface area (Å²) in [6.45, 7) is 18.6. The summed E-state index contributed by atoms with van der Waals surface area (Å²) in [4.78, 5) is 38.1. The molecule has 58 heavy (non-hydrogen) atoms. The Balaban J connectivity index is 3.08. The zero-order chi connectivity index (χ0) is 42.4. The van der Waals surface area contributed by atoms with Crippen LogP contribution in [0.25, 0.3) is 0 Å². The molecule has 0 N–H and O–H groups in total. The van der Waals surface area contributed by atoms with Gasteiger partial charge in [0.25, 0.3) is 5.91 Å². The van der Waals surface area contributed by atoms with Crippen LogP contribution < -0.4 is 0 Å². The summed E-state index contributed by atoms with van der Waals surface area (Å²) in [5.41, 5.74) is -0.760. The van der Waals surface area contributed by atoms with Crippen molar-refractivity contribution in [2.45, 2.75) is 285 Å². The van der Waals surface area contributed by atoms with Gasteiger partial charge < -0.3 is 0 Å². The molecule has 1 fully saturated rings. The highest BCUT2D eigenvalue weighted by Crippen LogP contribution is 2.34. The van der Waals surface area contributed by atoms with E-state index in [1.807, 2.05) is 4.90 Å². The molecule has 0 aromatic rings. The van der Waals surface area contributed by atoms with Gasteiger partial charge in [0.15, 0.2) is 0 Å². The summed E-state index contributed by atoms with van der Waals surface area (Å²) in [6.07, 6.45) is 47.1. The van der Waals surface area contributed by atoms with Crippen LogP contribution in [-0.4, -0.2) is 76.6 Å². The quantitative estimate of drug-likeness (QED) is 0.0454. The van der Waals surface area contributed by atoms with Gasteiger partial charge in [-0.1, -0.05) is 240 Å². The molecule has 1 saturated heterocycles. The van der Waals surface area contributed by atoms with Gasteiger partial charge >= 0.3 is 6.03 Å². The van der Waals surface area contributed by atoms with E-state index in [4.69, 9.17) is 0 Å². The van der Waals surface area contributed by atoms with E-state index < -0.39 is 5.54 Å². The van der Waals surface area contributed by atoms with E-state index in [9.17, 15) is 9.59 Å². The van der Waals surface area contributed by atoms with Gasteiger partial charge in [0.05, 0.1) is 13.3 Å². The topological polar surface area (TPSA) is 47.1 Å². The minimum Gasteiger partial charge on any atom is -0.297 e. The standard InChI is InChI=1S/C52H104N4O2/c1-7-12-17-22-26-30-34-39-44-53(45-40-35-31-27-23-18-13-8-2)48-55-50(57)52(6,43-38-21-16-11-5)56(51(55)58)49-54(46-41-36-32-28-24-19-14-9-3)47-42-37-33-29-25-20-15-10-4/h7-49H2,1-6H3. The van der Waals surface area contributed by atoms with Gasteiger partial charge in [-0.25, -0.2) is 9.69 Å². The zero-order valence-electron chi connectivity index (χ0n) is 40.5. The average molecular weight is 817 g/mol. The molecular weight excluding hydrogens is 713 g/mol. The number of rotatable bonds is 45. The van der Waals surface area contributed by atoms with Gasteiger partial charge in [0, 0.05) is 0 Å². The molecule has 0 spiro atoms. The maximum absolute atomic E-state index is 14.7. The van der Waals surface area contributed by atoms with Crippen LogP contribution in [0.5, 0.6) is 0 Å². The molecule has 6 heteroatoms. The lowest BCUT2D eigenvalue weighted by Crippen LogP contribution is -2.52. The van der Waals surface area contributed by atoms with Crippen LogP contribution in [0.2, 0.25) is 0 Å². The summed E-state index contributed by atoms with van der Waals surface area (Å²) in [6, 6.07) is -0.0308. The van der Waals surface area contributed by atoms with Crippen LogP contribution in [0.3, 0.4) is 0 Å². The molecule has 344 valence electrons. The van der Waals surface area contributed by atoms with Crippen LogP contribution in [-0.2, 0) is 4.79 Å². The highest BCUT2D eigenvalue weighted by molar-refractivity contribution is 6.06. The third-order valence-electron chi connectivity index (χ3n) is 13.3. The predicted octanol–water partition coefficient (Wildman–Crippen LogP) is 16.1. The van der Waals surface area contributed by atoms with Gasteiger partial charge in [0.1, 0.15) is 5.54 Å². The third kappa shape index (κ3) is 26.3. The first kappa shape index (κ1) is 54.9. The molecule has 1 rings (SSSR count). The molecule has 1 aliphatic heterocycles. The first-order valence-corrected chi connectivity index (χ1v) is 26.5. The number of hydrogen-bond donors (Lipinski definition) is 0. The van der Waals surface area contributed by atoms with E-state index >= 15 is 0 Å². The van der Waals surface area contributed by atoms with E-state index in [1.165, 1.54) is 205 Å². The fraction of sp³-hybridized carbons (Fsp3) is 0.962. The Morgan fingerprint density at radius 1 is 0.362 bits per heavy atom. The first-order valence-electron chi connectivity index (χ1n) is 26.5. The fourth-order valence-electron chi connectivity index (χ4n) is 9.11. The van der Waals surface area contributed by atoms with E-state index in [2.05, 4.69) is 51.3 Å². The normalized spacial score (nSPS) is 16.0. The smallest absolute Gasteiger partial charge is 0.297 e. The monoisotopic (exact) mass is 817 g/mol. The van der Waals surface area contributed by atoms with Crippen LogP contribution in [0, 0.1) is 0 Å². The van der Waals surface area contributed by atoms with Crippen LogP contribution in [0.1, 0.15) is 279 Å². The lowest BCUT2D eigenvalue weighted by atomic mass is 9.92. The van der Waals surface area contributed by atoms with Gasteiger partial charge in [-0.2, -0.15) is 0 Å². The van der Waals surface area contributed by atoms with Gasteiger partial charge in [-0.3, -0.25) is 19.5 Å². The second-order valence-electron chi connectivity index (χ2n) is 18.9. The van der Waals surface area contributed by atoms with Crippen molar-refractivity contribution in [1.82, 2.24) is 19.6 Å². The molecule has 6 nitrogen and oxygen atoms in total. The Kier molecular flexibility index (Phi) is 36.7. The largest absolute Gasteiger partial charge is 0.329 e. The average Bonchev–Trinajstić information content (AvgIpc) is 3.39. The predicted molar refractivity (Wildman–Crippen MR) is 255 cm³/mol. The summed E-state index contributed by atoms with van der Waals surface area (Å²) >= 11 is 0. The number of amides is 3. The van der Waals surface area contributed by atoms with Crippen molar-refractivity contribution < 1.29 is 9.59 Å².